The number of rotatable bonds is 3. The van der Waals surface area contributed by atoms with Gasteiger partial charge in [-0.1, -0.05) is 54.5 Å². The van der Waals surface area contributed by atoms with E-state index in [2.05, 4.69) is 51.5 Å². The first-order valence-electron chi connectivity index (χ1n) is 7.52. The van der Waals surface area contributed by atoms with E-state index in [1.54, 1.807) is 0 Å². The molecule has 4 heteroatoms. The second-order valence-electron chi connectivity index (χ2n) is 6.73. The fraction of sp³-hybridized carbons (Fsp3) is 0.867. The number of halogens is 1. The molecule has 1 aromatic heterocycles. The third-order valence-corrected chi connectivity index (χ3v) is 4.53. The molecule has 0 aliphatic heterocycles. The van der Waals surface area contributed by atoms with Gasteiger partial charge in [0, 0.05) is 12.0 Å². The Kier molecular flexibility index (Phi) is 5.04. The minimum atomic E-state index is 0.0622. The molecule has 1 aliphatic carbocycles. The highest BCUT2D eigenvalue weighted by Gasteiger charge is 2.24. The Hall–Kier alpha value is -0.380. The zero-order chi connectivity index (χ0) is 13.9. The highest BCUT2D eigenvalue weighted by atomic mass is 79.9. The minimum absolute atomic E-state index is 0.0622. The number of nitrogens with zero attached hydrogens (tertiary/aromatic N) is 3. The summed E-state index contributed by atoms with van der Waals surface area (Å²) in [6, 6.07) is 0. The summed E-state index contributed by atoms with van der Waals surface area (Å²) in [4.78, 5) is 0. The quantitative estimate of drug-likeness (QED) is 0.606. The Balaban J connectivity index is 2.17. The summed E-state index contributed by atoms with van der Waals surface area (Å²) in [6.45, 7) is 6.71. The van der Waals surface area contributed by atoms with E-state index >= 15 is 0 Å². The molecule has 1 aromatic rings. The van der Waals surface area contributed by atoms with E-state index in [1.165, 1.54) is 44.3 Å². The van der Waals surface area contributed by atoms with E-state index in [1.807, 2.05) is 0 Å². The summed E-state index contributed by atoms with van der Waals surface area (Å²) in [5, 5.41) is 9.60. The lowest BCUT2D eigenvalue weighted by molar-refractivity contribution is 0.354. The second kappa shape index (κ2) is 6.38. The lowest BCUT2D eigenvalue weighted by Gasteiger charge is -2.26. The zero-order valence-electron chi connectivity index (χ0n) is 12.5. The second-order valence-corrected chi connectivity index (χ2v) is 7.29. The summed E-state index contributed by atoms with van der Waals surface area (Å²) in [6.07, 6.45) is 9.42. The Bertz CT molecular complexity index is 398. The standard InChI is InChI=1S/C15H26BrN3/c1-15(2,3)19-13(17-18-14(19)11-16)10-12-8-6-4-5-7-9-12/h12H,4-11H2,1-3H3. The van der Waals surface area contributed by atoms with Crippen LogP contribution in [-0.2, 0) is 17.3 Å². The molecule has 2 rings (SSSR count). The molecule has 1 aliphatic rings. The summed E-state index contributed by atoms with van der Waals surface area (Å²) < 4.78 is 2.33. The van der Waals surface area contributed by atoms with Crippen molar-refractivity contribution in [1.82, 2.24) is 14.8 Å². The zero-order valence-corrected chi connectivity index (χ0v) is 14.0. The summed E-state index contributed by atoms with van der Waals surface area (Å²) >= 11 is 3.53. The first kappa shape index (κ1) is 15.0. The van der Waals surface area contributed by atoms with Crippen molar-refractivity contribution < 1.29 is 0 Å². The maximum absolute atomic E-state index is 4.46. The average molecular weight is 328 g/mol. The van der Waals surface area contributed by atoms with Crippen LogP contribution in [0.25, 0.3) is 0 Å². The molecule has 108 valence electrons. The van der Waals surface area contributed by atoms with Gasteiger partial charge in [0.2, 0.25) is 0 Å². The fourth-order valence-corrected chi connectivity index (χ4v) is 3.54. The Morgan fingerprint density at radius 2 is 1.63 bits per heavy atom. The molecule has 0 saturated heterocycles. The first-order chi connectivity index (χ1) is 9.02. The van der Waals surface area contributed by atoms with Crippen LogP contribution in [0.1, 0.15) is 70.9 Å². The largest absolute Gasteiger partial charge is 0.309 e. The van der Waals surface area contributed by atoms with E-state index in [-0.39, 0.29) is 5.54 Å². The van der Waals surface area contributed by atoms with E-state index in [4.69, 9.17) is 0 Å². The third kappa shape index (κ3) is 3.80. The van der Waals surface area contributed by atoms with Gasteiger partial charge in [0.15, 0.2) is 0 Å². The van der Waals surface area contributed by atoms with Crippen molar-refractivity contribution in [3.63, 3.8) is 0 Å². The van der Waals surface area contributed by atoms with Crippen LogP contribution in [0.15, 0.2) is 0 Å². The van der Waals surface area contributed by atoms with Crippen molar-refractivity contribution in [2.24, 2.45) is 5.92 Å². The molecular formula is C15H26BrN3. The normalized spacial score (nSPS) is 18.5. The fourth-order valence-electron chi connectivity index (χ4n) is 3.17. The van der Waals surface area contributed by atoms with Gasteiger partial charge in [-0.3, -0.25) is 0 Å². The monoisotopic (exact) mass is 327 g/mol. The molecule has 3 nitrogen and oxygen atoms in total. The van der Waals surface area contributed by atoms with Gasteiger partial charge in [-0.2, -0.15) is 0 Å². The van der Waals surface area contributed by atoms with Crippen LogP contribution < -0.4 is 0 Å². The number of aromatic nitrogens is 3. The molecule has 0 atom stereocenters. The highest BCUT2D eigenvalue weighted by Crippen LogP contribution is 2.28. The van der Waals surface area contributed by atoms with Crippen LogP contribution in [0, 0.1) is 5.92 Å². The Labute approximate surface area is 125 Å². The topological polar surface area (TPSA) is 30.7 Å². The SMILES string of the molecule is CC(C)(C)n1c(CBr)nnc1CC1CCCCCC1. The first-order valence-corrected chi connectivity index (χ1v) is 8.64. The molecule has 0 aromatic carbocycles. The van der Waals surface area contributed by atoms with Gasteiger partial charge >= 0.3 is 0 Å². The van der Waals surface area contributed by atoms with E-state index in [9.17, 15) is 0 Å². The van der Waals surface area contributed by atoms with Crippen LogP contribution in [0.2, 0.25) is 0 Å². The number of hydrogen-bond acceptors (Lipinski definition) is 2. The summed E-state index contributed by atoms with van der Waals surface area (Å²) in [7, 11) is 0. The van der Waals surface area contributed by atoms with Crippen molar-refractivity contribution in [2.75, 3.05) is 0 Å². The summed E-state index contributed by atoms with van der Waals surface area (Å²) in [5.74, 6) is 3.03. The van der Waals surface area contributed by atoms with Crippen LogP contribution in [-0.4, -0.2) is 14.8 Å². The molecule has 0 radical (unpaired) electrons. The Morgan fingerprint density at radius 3 is 2.16 bits per heavy atom. The Morgan fingerprint density at radius 1 is 1.05 bits per heavy atom. The van der Waals surface area contributed by atoms with E-state index < -0.39 is 0 Å². The van der Waals surface area contributed by atoms with Gasteiger partial charge in [-0.15, -0.1) is 10.2 Å². The van der Waals surface area contributed by atoms with E-state index in [0.717, 1.165) is 23.5 Å². The maximum atomic E-state index is 4.46. The van der Waals surface area contributed by atoms with Gasteiger partial charge in [0.05, 0.1) is 5.33 Å². The molecule has 1 heterocycles. The van der Waals surface area contributed by atoms with Gasteiger partial charge in [-0.25, -0.2) is 0 Å². The van der Waals surface area contributed by atoms with Gasteiger partial charge in [0.25, 0.3) is 0 Å². The third-order valence-electron chi connectivity index (χ3n) is 4.03. The van der Waals surface area contributed by atoms with Crippen molar-refractivity contribution in [3.8, 4) is 0 Å². The highest BCUT2D eigenvalue weighted by molar-refractivity contribution is 9.08. The average Bonchev–Trinajstić information content (AvgIpc) is 2.58. The van der Waals surface area contributed by atoms with Crippen molar-refractivity contribution >= 4 is 15.9 Å². The lowest BCUT2D eigenvalue weighted by Crippen LogP contribution is -2.27. The predicted octanol–water partition coefficient (Wildman–Crippen LogP) is 4.44. The maximum Gasteiger partial charge on any atom is 0.144 e. The predicted molar refractivity (Wildman–Crippen MR) is 82.5 cm³/mol. The van der Waals surface area contributed by atoms with Crippen LogP contribution in [0.4, 0.5) is 0 Å². The molecule has 1 fully saturated rings. The van der Waals surface area contributed by atoms with Gasteiger partial charge < -0.3 is 4.57 Å². The van der Waals surface area contributed by atoms with Gasteiger partial charge in [0.1, 0.15) is 11.6 Å². The number of alkyl halides is 1. The van der Waals surface area contributed by atoms with Crippen molar-refractivity contribution in [2.45, 2.75) is 76.6 Å². The van der Waals surface area contributed by atoms with Crippen LogP contribution >= 0.6 is 15.9 Å². The molecule has 1 saturated carbocycles. The molecular weight excluding hydrogens is 302 g/mol. The lowest BCUT2D eigenvalue weighted by atomic mass is 9.95. The minimum Gasteiger partial charge on any atom is -0.309 e. The van der Waals surface area contributed by atoms with Crippen LogP contribution in [0.5, 0.6) is 0 Å². The molecule has 0 spiro atoms. The molecule has 0 unspecified atom stereocenters. The van der Waals surface area contributed by atoms with Gasteiger partial charge in [-0.05, 0) is 26.7 Å². The van der Waals surface area contributed by atoms with Crippen LogP contribution in [0.3, 0.4) is 0 Å². The van der Waals surface area contributed by atoms with Crippen molar-refractivity contribution in [3.05, 3.63) is 11.6 Å². The molecule has 0 bridgehead atoms. The summed E-state index contributed by atoms with van der Waals surface area (Å²) in [5.41, 5.74) is 0.0622. The molecule has 0 N–H and O–H groups in total. The number of hydrogen-bond donors (Lipinski definition) is 0. The van der Waals surface area contributed by atoms with E-state index in [0.29, 0.717) is 0 Å². The van der Waals surface area contributed by atoms with Crippen molar-refractivity contribution in [1.29, 1.82) is 0 Å². The molecule has 19 heavy (non-hydrogen) atoms. The molecule has 0 amide bonds. The smallest absolute Gasteiger partial charge is 0.144 e.